The highest BCUT2D eigenvalue weighted by Gasteiger charge is 2.20. The van der Waals surface area contributed by atoms with Crippen LogP contribution in [-0.4, -0.2) is 25.1 Å². The van der Waals surface area contributed by atoms with Gasteiger partial charge in [0.1, 0.15) is 5.58 Å². The molecule has 184 valence electrons. The van der Waals surface area contributed by atoms with Gasteiger partial charge in [0.05, 0.1) is 17.6 Å². The van der Waals surface area contributed by atoms with Crippen molar-refractivity contribution in [2.24, 2.45) is 0 Å². The van der Waals surface area contributed by atoms with E-state index in [2.05, 4.69) is 5.32 Å². The first-order valence-corrected chi connectivity index (χ1v) is 11.7. The summed E-state index contributed by atoms with van der Waals surface area (Å²) < 4.78 is 16.8. The van der Waals surface area contributed by atoms with Gasteiger partial charge in [0, 0.05) is 16.3 Å². The van der Waals surface area contributed by atoms with E-state index in [0.717, 1.165) is 11.1 Å². The zero-order valence-corrected chi connectivity index (χ0v) is 20.8. The maximum atomic E-state index is 13.4. The first-order valence-electron chi connectivity index (χ1n) is 11.3. The lowest BCUT2D eigenvalue weighted by Crippen LogP contribution is -2.22. The Kier molecular flexibility index (Phi) is 7.41. The number of ether oxygens (including phenoxy) is 2. The fraction of sp³-hybridized carbons (Fsp3) is 0.179. The third-order valence-electron chi connectivity index (χ3n) is 5.60. The number of carbonyl (C=O) groups is 2. The number of fused-ring (bicyclic) bond motifs is 1. The SMILES string of the molecule is CCOC(=O)c1ccc(NC(=O)COc2c(-c3ccc(Cl)cc3)oc3cc(C)c(C)cc3c2=O)cc1. The predicted octanol–water partition coefficient (Wildman–Crippen LogP) is 5.92. The number of nitrogens with one attached hydrogen (secondary N) is 1. The van der Waals surface area contributed by atoms with Crippen LogP contribution in [0.25, 0.3) is 22.3 Å². The van der Waals surface area contributed by atoms with Gasteiger partial charge in [-0.1, -0.05) is 11.6 Å². The third kappa shape index (κ3) is 5.42. The summed E-state index contributed by atoms with van der Waals surface area (Å²) in [5.74, 6) is -0.790. The Morgan fingerprint density at radius 3 is 2.31 bits per heavy atom. The minimum Gasteiger partial charge on any atom is -0.476 e. The number of hydrogen-bond donors (Lipinski definition) is 1. The van der Waals surface area contributed by atoms with Gasteiger partial charge in [-0.05, 0) is 92.6 Å². The van der Waals surface area contributed by atoms with Crippen molar-refractivity contribution in [1.82, 2.24) is 0 Å². The molecule has 1 heterocycles. The molecule has 0 bridgehead atoms. The monoisotopic (exact) mass is 505 g/mol. The van der Waals surface area contributed by atoms with Crippen molar-refractivity contribution in [1.29, 1.82) is 0 Å². The molecule has 0 radical (unpaired) electrons. The zero-order chi connectivity index (χ0) is 25.8. The van der Waals surface area contributed by atoms with Crippen LogP contribution in [0.4, 0.5) is 5.69 Å². The summed E-state index contributed by atoms with van der Waals surface area (Å²) in [6, 6.07) is 16.6. The van der Waals surface area contributed by atoms with Crippen LogP contribution in [0.1, 0.15) is 28.4 Å². The third-order valence-corrected chi connectivity index (χ3v) is 5.85. The Morgan fingerprint density at radius 2 is 1.64 bits per heavy atom. The van der Waals surface area contributed by atoms with Gasteiger partial charge in [0.2, 0.25) is 11.2 Å². The Labute approximate surface area is 212 Å². The van der Waals surface area contributed by atoms with Crippen molar-refractivity contribution in [3.63, 3.8) is 0 Å². The van der Waals surface area contributed by atoms with Gasteiger partial charge in [-0.2, -0.15) is 0 Å². The van der Waals surface area contributed by atoms with E-state index in [4.69, 9.17) is 25.5 Å². The lowest BCUT2D eigenvalue weighted by atomic mass is 10.0. The molecule has 0 saturated carbocycles. The molecule has 0 saturated heterocycles. The second kappa shape index (κ2) is 10.7. The number of benzene rings is 3. The van der Waals surface area contributed by atoms with Crippen molar-refractivity contribution in [3.8, 4) is 17.1 Å². The van der Waals surface area contributed by atoms with E-state index in [0.29, 0.717) is 32.8 Å². The van der Waals surface area contributed by atoms with Crippen LogP contribution in [0.3, 0.4) is 0 Å². The molecule has 3 aromatic carbocycles. The molecule has 1 N–H and O–H groups in total. The highest BCUT2D eigenvalue weighted by molar-refractivity contribution is 6.30. The maximum Gasteiger partial charge on any atom is 0.338 e. The summed E-state index contributed by atoms with van der Waals surface area (Å²) in [5.41, 5.74) is 3.38. The molecule has 0 spiro atoms. The maximum absolute atomic E-state index is 13.4. The van der Waals surface area contributed by atoms with Crippen molar-refractivity contribution in [3.05, 3.63) is 92.6 Å². The minimum atomic E-state index is -0.486. The number of carbonyl (C=O) groups excluding carboxylic acids is 2. The summed E-state index contributed by atoms with van der Waals surface area (Å²) in [7, 11) is 0. The molecule has 4 aromatic rings. The molecule has 0 fully saturated rings. The number of anilines is 1. The molecular weight excluding hydrogens is 482 g/mol. The topological polar surface area (TPSA) is 94.8 Å². The number of aryl methyl sites for hydroxylation is 2. The number of rotatable bonds is 7. The van der Waals surface area contributed by atoms with Crippen molar-refractivity contribution in [2.75, 3.05) is 18.5 Å². The second-order valence-corrected chi connectivity index (χ2v) is 8.60. The van der Waals surface area contributed by atoms with Crippen LogP contribution < -0.4 is 15.5 Å². The molecule has 36 heavy (non-hydrogen) atoms. The van der Waals surface area contributed by atoms with E-state index in [1.54, 1.807) is 61.5 Å². The van der Waals surface area contributed by atoms with Crippen LogP contribution in [0.15, 0.2) is 69.9 Å². The fourth-order valence-electron chi connectivity index (χ4n) is 3.59. The average molecular weight is 506 g/mol. The molecule has 1 aromatic heterocycles. The minimum absolute atomic E-state index is 0.0686. The largest absolute Gasteiger partial charge is 0.476 e. The zero-order valence-electron chi connectivity index (χ0n) is 20.0. The molecular formula is C28H24ClNO6. The second-order valence-electron chi connectivity index (χ2n) is 8.16. The molecule has 7 nitrogen and oxygen atoms in total. The van der Waals surface area contributed by atoms with E-state index in [-0.39, 0.29) is 23.5 Å². The fourth-order valence-corrected chi connectivity index (χ4v) is 3.72. The van der Waals surface area contributed by atoms with Gasteiger partial charge in [0.15, 0.2) is 12.4 Å². The van der Waals surface area contributed by atoms with Crippen LogP contribution in [0.5, 0.6) is 5.75 Å². The van der Waals surface area contributed by atoms with Crippen LogP contribution >= 0.6 is 11.6 Å². The number of hydrogen-bond acceptors (Lipinski definition) is 6. The van der Waals surface area contributed by atoms with Gasteiger partial charge >= 0.3 is 5.97 Å². The Balaban J connectivity index is 1.60. The smallest absolute Gasteiger partial charge is 0.338 e. The van der Waals surface area contributed by atoms with E-state index in [9.17, 15) is 14.4 Å². The summed E-state index contributed by atoms with van der Waals surface area (Å²) in [5, 5.41) is 3.58. The Morgan fingerprint density at radius 1 is 0.972 bits per heavy atom. The number of esters is 1. The highest BCUT2D eigenvalue weighted by atomic mass is 35.5. The lowest BCUT2D eigenvalue weighted by Gasteiger charge is -2.13. The molecule has 0 unspecified atom stereocenters. The lowest BCUT2D eigenvalue weighted by molar-refractivity contribution is -0.118. The Hall–Kier alpha value is -4.10. The quantitative estimate of drug-likeness (QED) is 0.313. The number of halogens is 1. The molecule has 8 heteroatoms. The average Bonchev–Trinajstić information content (AvgIpc) is 2.86. The highest BCUT2D eigenvalue weighted by Crippen LogP contribution is 2.32. The van der Waals surface area contributed by atoms with E-state index in [1.165, 1.54) is 0 Å². The molecule has 0 aliphatic carbocycles. The van der Waals surface area contributed by atoms with Crippen LogP contribution in [0.2, 0.25) is 5.02 Å². The summed E-state index contributed by atoms with van der Waals surface area (Å²) in [6.45, 7) is 5.41. The van der Waals surface area contributed by atoms with Gasteiger partial charge in [-0.3, -0.25) is 9.59 Å². The van der Waals surface area contributed by atoms with Crippen molar-refractivity contribution < 1.29 is 23.5 Å². The van der Waals surface area contributed by atoms with Gasteiger partial charge in [0.25, 0.3) is 5.91 Å². The molecule has 4 rings (SSSR count). The summed E-state index contributed by atoms with van der Waals surface area (Å²) >= 11 is 6.02. The van der Waals surface area contributed by atoms with Crippen molar-refractivity contribution >= 4 is 40.1 Å². The van der Waals surface area contributed by atoms with Gasteiger partial charge < -0.3 is 19.2 Å². The molecule has 0 aliphatic heterocycles. The van der Waals surface area contributed by atoms with E-state index in [1.807, 2.05) is 19.9 Å². The number of amides is 1. The first kappa shape index (κ1) is 25.0. The summed E-state index contributed by atoms with van der Waals surface area (Å²) in [4.78, 5) is 37.8. The summed E-state index contributed by atoms with van der Waals surface area (Å²) in [6.07, 6.45) is 0. The predicted molar refractivity (Wildman–Crippen MR) is 139 cm³/mol. The molecule has 0 aliphatic rings. The van der Waals surface area contributed by atoms with Crippen molar-refractivity contribution in [2.45, 2.75) is 20.8 Å². The van der Waals surface area contributed by atoms with Gasteiger partial charge in [-0.15, -0.1) is 0 Å². The molecule has 1 amide bonds. The molecule has 0 atom stereocenters. The van der Waals surface area contributed by atoms with E-state index >= 15 is 0 Å². The van der Waals surface area contributed by atoms with Crippen LogP contribution in [0, 0.1) is 13.8 Å². The van der Waals surface area contributed by atoms with E-state index < -0.39 is 18.5 Å². The standard InChI is InChI=1S/C28H24ClNO6/c1-4-34-28(33)19-7-11-21(12-8-19)30-24(31)15-35-27-25(32)22-13-16(2)17(3)14-23(22)36-26(27)18-5-9-20(29)10-6-18/h5-14H,4,15H2,1-3H3,(H,30,31). The van der Waals surface area contributed by atoms with Crippen LogP contribution in [-0.2, 0) is 9.53 Å². The Bertz CT molecular complexity index is 1490. The first-order chi connectivity index (χ1) is 17.3. The normalized spacial score (nSPS) is 10.8. The van der Waals surface area contributed by atoms with Gasteiger partial charge in [-0.25, -0.2) is 4.79 Å².